The molecule has 0 aromatic rings. The molecule has 0 aromatic carbocycles. The molecule has 0 aromatic heterocycles. The van der Waals surface area contributed by atoms with Crippen LogP contribution in [0.25, 0.3) is 0 Å². The second-order valence-corrected chi connectivity index (χ2v) is 6.21. The van der Waals surface area contributed by atoms with Gasteiger partial charge in [0, 0.05) is 25.6 Å². The number of hydrogen-bond acceptors (Lipinski definition) is 8. The lowest BCUT2D eigenvalue weighted by molar-refractivity contribution is -0.316. The third kappa shape index (κ3) is 2.82. The molecule has 0 unspecified atom stereocenters. The molecule has 8 nitrogen and oxygen atoms in total. The van der Waals surface area contributed by atoms with Gasteiger partial charge in [0.25, 0.3) is 0 Å². The van der Waals surface area contributed by atoms with Gasteiger partial charge in [-0.3, -0.25) is 4.90 Å². The Bertz CT molecular complexity index is 370. The van der Waals surface area contributed by atoms with Crippen molar-refractivity contribution in [3.8, 4) is 0 Å². The molecule has 2 aliphatic heterocycles. The predicted molar refractivity (Wildman–Crippen MR) is 71.1 cm³/mol. The third-order valence-electron chi connectivity index (χ3n) is 4.73. The zero-order valence-electron chi connectivity index (χ0n) is 12.2. The van der Waals surface area contributed by atoms with Crippen molar-refractivity contribution in [1.82, 2.24) is 4.90 Å². The van der Waals surface area contributed by atoms with Crippen LogP contribution < -0.4 is 0 Å². The summed E-state index contributed by atoms with van der Waals surface area (Å²) in [5.41, 5.74) is -1.33. The molecule has 2 fully saturated rings. The zero-order valence-corrected chi connectivity index (χ0v) is 12.2. The van der Waals surface area contributed by atoms with Crippen molar-refractivity contribution in [1.29, 1.82) is 0 Å². The Morgan fingerprint density at radius 2 is 1.67 bits per heavy atom. The van der Waals surface area contributed by atoms with Gasteiger partial charge in [-0.2, -0.15) is 0 Å². The molecule has 0 saturated carbocycles. The Kier molecular flexibility index (Phi) is 4.91. The molecule has 8 atom stereocenters. The van der Waals surface area contributed by atoms with Gasteiger partial charge in [-0.15, -0.1) is 0 Å². The summed E-state index contributed by atoms with van der Waals surface area (Å²) in [6.45, 7) is 3.04. The standard InChI is InChI=1S/C13H25NO7/c1-6-9(17)11(19)12(20)13(2,21-6)14-3-7(5-15)10(18)8(16)4-14/h6-12,15-20H,3-5H2,1-2H3/t6-,7-,8-,9-,10-,11+,12-,13-/m1/s1. The van der Waals surface area contributed by atoms with E-state index in [1.165, 1.54) is 0 Å². The number of β-amino-alcohol motifs (C(OH)–C–C–N with tert-alkyl or cyclic N) is 1. The molecule has 0 aliphatic carbocycles. The quantitative estimate of drug-likeness (QED) is 0.315. The highest BCUT2D eigenvalue weighted by Crippen LogP contribution is 2.35. The maximum absolute atomic E-state index is 10.3. The Labute approximate surface area is 123 Å². The van der Waals surface area contributed by atoms with E-state index in [0.717, 1.165) is 0 Å². The van der Waals surface area contributed by atoms with Gasteiger partial charge in [-0.05, 0) is 13.8 Å². The number of likely N-dealkylation sites (tertiary alicyclic amines) is 1. The van der Waals surface area contributed by atoms with Crippen molar-refractivity contribution in [2.45, 2.75) is 56.2 Å². The fraction of sp³-hybridized carbons (Fsp3) is 1.00. The minimum Gasteiger partial charge on any atom is -0.396 e. The fourth-order valence-corrected chi connectivity index (χ4v) is 3.20. The maximum Gasteiger partial charge on any atom is 0.148 e. The summed E-state index contributed by atoms with van der Waals surface area (Å²) in [7, 11) is 0. The van der Waals surface area contributed by atoms with Crippen LogP contribution in [0.2, 0.25) is 0 Å². The molecule has 0 spiro atoms. The van der Waals surface area contributed by atoms with Crippen LogP contribution in [0.15, 0.2) is 0 Å². The summed E-state index contributed by atoms with van der Waals surface area (Å²) in [5, 5.41) is 59.0. The molecular formula is C13H25NO7. The van der Waals surface area contributed by atoms with Crippen LogP contribution in [0.3, 0.4) is 0 Å². The van der Waals surface area contributed by atoms with E-state index in [1.54, 1.807) is 18.7 Å². The summed E-state index contributed by atoms with van der Waals surface area (Å²) in [5.74, 6) is -0.583. The summed E-state index contributed by atoms with van der Waals surface area (Å²) in [6, 6.07) is 0. The number of nitrogens with zero attached hydrogens (tertiary/aromatic N) is 1. The van der Waals surface area contributed by atoms with E-state index in [2.05, 4.69) is 0 Å². The van der Waals surface area contributed by atoms with E-state index >= 15 is 0 Å². The SMILES string of the molecule is C[C@H]1O[C@@](C)(N2C[C@H](CO)[C@@H](O)[C@H](O)C2)[C@H](O)[C@@H](O)[C@@H]1O. The fourth-order valence-electron chi connectivity index (χ4n) is 3.20. The maximum atomic E-state index is 10.3. The van der Waals surface area contributed by atoms with E-state index in [4.69, 9.17) is 4.74 Å². The monoisotopic (exact) mass is 307 g/mol. The minimum absolute atomic E-state index is 0.0285. The van der Waals surface area contributed by atoms with Crippen molar-refractivity contribution in [2.75, 3.05) is 19.7 Å². The average Bonchev–Trinajstić information content (AvgIpc) is 2.45. The second-order valence-electron chi connectivity index (χ2n) is 6.21. The molecule has 8 heteroatoms. The van der Waals surface area contributed by atoms with E-state index in [0.29, 0.717) is 0 Å². The molecule has 2 aliphatic rings. The van der Waals surface area contributed by atoms with Crippen LogP contribution in [-0.4, -0.2) is 97.6 Å². The summed E-state index contributed by atoms with van der Waals surface area (Å²) >= 11 is 0. The number of aliphatic hydroxyl groups is 6. The lowest BCUT2D eigenvalue weighted by atomic mass is 9.86. The number of rotatable bonds is 2. The number of ether oxygens (including phenoxy) is 1. The average molecular weight is 307 g/mol. The molecule has 0 radical (unpaired) electrons. The summed E-state index contributed by atoms with van der Waals surface area (Å²) in [4.78, 5) is 1.58. The van der Waals surface area contributed by atoms with Gasteiger partial charge >= 0.3 is 0 Å². The second kappa shape index (κ2) is 6.05. The molecule has 0 bridgehead atoms. The largest absolute Gasteiger partial charge is 0.396 e. The first-order valence-electron chi connectivity index (χ1n) is 7.16. The first-order chi connectivity index (χ1) is 9.72. The van der Waals surface area contributed by atoms with Gasteiger partial charge in [0.2, 0.25) is 0 Å². The topological polar surface area (TPSA) is 134 Å². The van der Waals surface area contributed by atoms with Crippen LogP contribution in [0.5, 0.6) is 0 Å². The van der Waals surface area contributed by atoms with Crippen LogP contribution in [0.4, 0.5) is 0 Å². The normalized spacial score (nSPS) is 52.9. The lowest BCUT2D eigenvalue weighted by Crippen LogP contribution is -2.72. The molecule has 2 saturated heterocycles. The minimum atomic E-state index is -1.38. The number of piperidine rings is 1. The van der Waals surface area contributed by atoms with E-state index in [9.17, 15) is 30.6 Å². The van der Waals surface area contributed by atoms with Crippen molar-refractivity contribution in [3.05, 3.63) is 0 Å². The first-order valence-corrected chi connectivity index (χ1v) is 7.16. The number of aliphatic hydroxyl groups excluding tert-OH is 6. The Morgan fingerprint density at radius 1 is 1.05 bits per heavy atom. The van der Waals surface area contributed by atoms with Gasteiger partial charge in [0.1, 0.15) is 24.0 Å². The van der Waals surface area contributed by atoms with E-state index in [1.807, 2.05) is 0 Å². The van der Waals surface area contributed by atoms with Gasteiger partial charge in [0.15, 0.2) is 0 Å². The smallest absolute Gasteiger partial charge is 0.148 e. The Morgan fingerprint density at radius 3 is 2.24 bits per heavy atom. The van der Waals surface area contributed by atoms with Crippen molar-refractivity contribution >= 4 is 0 Å². The van der Waals surface area contributed by atoms with Gasteiger partial charge in [0.05, 0.1) is 18.3 Å². The van der Waals surface area contributed by atoms with E-state index < -0.39 is 48.3 Å². The summed E-state index contributed by atoms with van der Waals surface area (Å²) < 4.78 is 5.68. The van der Waals surface area contributed by atoms with Crippen LogP contribution in [0, 0.1) is 5.92 Å². The first kappa shape index (κ1) is 17.0. The summed E-state index contributed by atoms with van der Waals surface area (Å²) in [6.07, 6.45) is -6.82. The molecular weight excluding hydrogens is 282 g/mol. The molecule has 2 rings (SSSR count). The third-order valence-corrected chi connectivity index (χ3v) is 4.73. The highest BCUT2D eigenvalue weighted by molar-refractivity contribution is 5.01. The van der Waals surface area contributed by atoms with Crippen molar-refractivity contribution in [3.63, 3.8) is 0 Å². The van der Waals surface area contributed by atoms with Gasteiger partial charge in [-0.25, -0.2) is 0 Å². The molecule has 124 valence electrons. The predicted octanol–water partition coefficient (Wildman–Crippen LogP) is -3.15. The zero-order chi connectivity index (χ0) is 15.9. The number of hydrogen-bond donors (Lipinski definition) is 6. The van der Waals surface area contributed by atoms with Crippen LogP contribution in [0.1, 0.15) is 13.8 Å². The van der Waals surface area contributed by atoms with Crippen molar-refractivity contribution in [2.24, 2.45) is 5.92 Å². The van der Waals surface area contributed by atoms with Gasteiger partial charge in [-0.1, -0.05) is 0 Å². The molecule has 2 heterocycles. The highest BCUT2D eigenvalue weighted by Gasteiger charge is 2.54. The molecule has 6 N–H and O–H groups in total. The molecule has 21 heavy (non-hydrogen) atoms. The molecule has 0 amide bonds. The van der Waals surface area contributed by atoms with Gasteiger partial charge < -0.3 is 35.4 Å². The highest BCUT2D eigenvalue weighted by atomic mass is 16.6. The van der Waals surface area contributed by atoms with Crippen LogP contribution >= 0.6 is 0 Å². The lowest BCUT2D eigenvalue weighted by Gasteiger charge is -2.54. The van der Waals surface area contributed by atoms with Crippen molar-refractivity contribution < 1.29 is 35.4 Å². The Balaban J connectivity index is 2.22. The Hall–Kier alpha value is -0.320. The van der Waals surface area contributed by atoms with E-state index in [-0.39, 0.29) is 19.7 Å². The van der Waals surface area contributed by atoms with Crippen LogP contribution in [-0.2, 0) is 4.74 Å².